The number of halogens is 1. The molecule has 1 amide bonds. The number of nitrogens with zero attached hydrogens (tertiary/aromatic N) is 3. The average molecular weight is 443 g/mol. The van der Waals surface area contributed by atoms with E-state index in [1.165, 1.54) is 17.1 Å². The molecule has 6 nitrogen and oxygen atoms in total. The lowest BCUT2D eigenvalue weighted by atomic mass is 10.0. The van der Waals surface area contributed by atoms with Gasteiger partial charge < -0.3 is 10.1 Å². The molecule has 30 heavy (non-hydrogen) atoms. The zero-order valence-electron chi connectivity index (χ0n) is 16.5. The Morgan fingerprint density at radius 3 is 2.53 bits per heavy atom. The molecule has 4 rings (SSSR count). The molecule has 1 aliphatic heterocycles. The lowest BCUT2D eigenvalue weighted by Gasteiger charge is -2.32. The van der Waals surface area contributed by atoms with Crippen molar-refractivity contribution in [2.75, 3.05) is 19.7 Å². The van der Waals surface area contributed by atoms with Gasteiger partial charge in [-0.2, -0.15) is 0 Å². The molecule has 1 fully saturated rings. The van der Waals surface area contributed by atoms with Crippen LogP contribution in [0.25, 0.3) is 11.3 Å². The molecule has 2 heterocycles. The predicted molar refractivity (Wildman–Crippen MR) is 119 cm³/mol. The highest BCUT2D eigenvalue weighted by Crippen LogP contribution is 2.20. The SMILES string of the molecule is O=C(COc1ccc(Cl)cc1)NC1CCN(Cc2ccc(-c3csnn3)cc2)CC1. The summed E-state index contributed by atoms with van der Waals surface area (Å²) in [5, 5.41) is 9.78. The largest absolute Gasteiger partial charge is 0.484 e. The molecule has 0 spiro atoms. The van der Waals surface area contributed by atoms with Gasteiger partial charge in [0.05, 0.1) is 0 Å². The number of hydrogen-bond acceptors (Lipinski definition) is 6. The molecule has 156 valence electrons. The highest BCUT2D eigenvalue weighted by Gasteiger charge is 2.21. The number of amides is 1. The summed E-state index contributed by atoms with van der Waals surface area (Å²) in [5.41, 5.74) is 3.29. The third-order valence-corrected chi connectivity index (χ3v) is 5.91. The van der Waals surface area contributed by atoms with Crippen LogP contribution in [0.3, 0.4) is 0 Å². The second-order valence-electron chi connectivity index (χ2n) is 7.35. The Balaban J connectivity index is 1.18. The molecule has 2 aromatic carbocycles. The summed E-state index contributed by atoms with van der Waals surface area (Å²) in [6.07, 6.45) is 1.88. The Morgan fingerprint density at radius 2 is 1.87 bits per heavy atom. The minimum Gasteiger partial charge on any atom is -0.484 e. The maximum atomic E-state index is 12.2. The molecule has 1 aromatic heterocycles. The second-order valence-corrected chi connectivity index (χ2v) is 8.39. The molecule has 3 aromatic rings. The van der Waals surface area contributed by atoms with Gasteiger partial charge in [0, 0.05) is 41.6 Å². The van der Waals surface area contributed by atoms with Gasteiger partial charge in [0.25, 0.3) is 5.91 Å². The monoisotopic (exact) mass is 442 g/mol. The van der Waals surface area contributed by atoms with Crippen molar-refractivity contribution in [3.63, 3.8) is 0 Å². The summed E-state index contributed by atoms with van der Waals surface area (Å²) in [6.45, 7) is 2.85. The van der Waals surface area contributed by atoms with Crippen LogP contribution in [0, 0.1) is 0 Å². The molecule has 0 unspecified atom stereocenters. The number of hydrogen-bond donors (Lipinski definition) is 1. The van der Waals surface area contributed by atoms with Crippen LogP contribution in [-0.2, 0) is 11.3 Å². The van der Waals surface area contributed by atoms with Gasteiger partial charge in [0.15, 0.2) is 6.61 Å². The Kier molecular flexibility index (Phi) is 6.94. The lowest BCUT2D eigenvalue weighted by Crippen LogP contribution is -2.45. The molecular weight excluding hydrogens is 420 g/mol. The summed E-state index contributed by atoms with van der Waals surface area (Å²) in [7, 11) is 0. The van der Waals surface area contributed by atoms with E-state index in [0.29, 0.717) is 10.8 Å². The maximum Gasteiger partial charge on any atom is 0.258 e. The summed E-state index contributed by atoms with van der Waals surface area (Å²) in [6, 6.07) is 15.7. The quantitative estimate of drug-likeness (QED) is 0.598. The summed E-state index contributed by atoms with van der Waals surface area (Å²) < 4.78 is 9.43. The lowest BCUT2D eigenvalue weighted by molar-refractivity contribution is -0.124. The van der Waals surface area contributed by atoms with Gasteiger partial charge in [0.1, 0.15) is 11.4 Å². The first-order chi connectivity index (χ1) is 14.7. The molecule has 0 radical (unpaired) electrons. The van der Waals surface area contributed by atoms with Crippen molar-refractivity contribution < 1.29 is 9.53 Å². The standard InChI is InChI=1S/C22H23ClN4O2S/c23-18-5-7-20(8-6-18)29-14-22(28)24-19-9-11-27(12-10-19)13-16-1-3-17(4-2-16)21-15-30-26-25-21/h1-8,15,19H,9-14H2,(H,24,28). The normalized spacial score (nSPS) is 15.1. The van der Waals surface area contributed by atoms with Crippen molar-refractivity contribution in [2.45, 2.75) is 25.4 Å². The fraction of sp³-hybridized carbons (Fsp3) is 0.318. The van der Waals surface area contributed by atoms with Crippen LogP contribution < -0.4 is 10.1 Å². The molecule has 8 heteroatoms. The van der Waals surface area contributed by atoms with E-state index in [0.717, 1.165) is 43.7 Å². The first-order valence-electron chi connectivity index (χ1n) is 9.92. The van der Waals surface area contributed by atoms with Gasteiger partial charge in [-0.15, -0.1) is 5.10 Å². The van der Waals surface area contributed by atoms with E-state index in [1.54, 1.807) is 24.3 Å². The van der Waals surface area contributed by atoms with E-state index < -0.39 is 0 Å². The van der Waals surface area contributed by atoms with Gasteiger partial charge in [-0.05, 0) is 54.2 Å². The Hall–Kier alpha value is -2.48. The molecule has 0 atom stereocenters. The Bertz CT molecular complexity index is 940. The molecule has 1 saturated heterocycles. The maximum absolute atomic E-state index is 12.2. The van der Waals surface area contributed by atoms with E-state index in [-0.39, 0.29) is 18.6 Å². The molecule has 1 aliphatic rings. The van der Waals surface area contributed by atoms with Crippen LogP contribution in [0.4, 0.5) is 0 Å². The van der Waals surface area contributed by atoms with Crippen molar-refractivity contribution in [2.24, 2.45) is 0 Å². The predicted octanol–water partition coefficient (Wildman–Crippen LogP) is 4.02. The Labute approximate surface area is 185 Å². The second kappa shape index (κ2) is 10.0. The van der Waals surface area contributed by atoms with Gasteiger partial charge in [0.2, 0.25) is 0 Å². The third-order valence-electron chi connectivity index (χ3n) is 5.15. The fourth-order valence-electron chi connectivity index (χ4n) is 3.51. The zero-order chi connectivity index (χ0) is 20.8. The van der Waals surface area contributed by atoms with Crippen LogP contribution in [0.2, 0.25) is 5.02 Å². The number of likely N-dealkylation sites (tertiary alicyclic amines) is 1. The zero-order valence-corrected chi connectivity index (χ0v) is 18.0. The van der Waals surface area contributed by atoms with Crippen molar-refractivity contribution >= 4 is 29.0 Å². The number of carbonyl (C=O) groups is 1. The summed E-state index contributed by atoms with van der Waals surface area (Å²) in [4.78, 5) is 14.6. The first kappa shape index (κ1) is 20.8. The van der Waals surface area contributed by atoms with Crippen molar-refractivity contribution in [1.82, 2.24) is 19.8 Å². The average Bonchev–Trinajstić information content (AvgIpc) is 3.30. The smallest absolute Gasteiger partial charge is 0.258 e. The highest BCUT2D eigenvalue weighted by atomic mass is 35.5. The van der Waals surface area contributed by atoms with Crippen molar-refractivity contribution in [1.29, 1.82) is 0 Å². The highest BCUT2D eigenvalue weighted by molar-refractivity contribution is 7.03. The van der Waals surface area contributed by atoms with Gasteiger partial charge in [-0.1, -0.05) is 40.4 Å². The van der Waals surface area contributed by atoms with E-state index in [9.17, 15) is 4.79 Å². The molecule has 0 aliphatic carbocycles. The summed E-state index contributed by atoms with van der Waals surface area (Å²) in [5.74, 6) is 0.553. The first-order valence-corrected chi connectivity index (χ1v) is 11.1. The van der Waals surface area contributed by atoms with Crippen molar-refractivity contribution in [3.8, 4) is 17.0 Å². The molecule has 0 bridgehead atoms. The fourth-order valence-corrected chi connectivity index (χ4v) is 4.11. The minimum atomic E-state index is -0.0875. The number of benzene rings is 2. The van der Waals surface area contributed by atoms with Gasteiger partial charge >= 0.3 is 0 Å². The number of rotatable bonds is 7. The van der Waals surface area contributed by atoms with Crippen LogP contribution in [0.15, 0.2) is 53.9 Å². The Morgan fingerprint density at radius 1 is 1.13 bits per heavy atom. The van der Waals surface area contributed by atoms with Gasteiger partial charge in [-0.3, -0.25) is 9.69 Å². The molecule has 1 N–H and O–H groups in total. The van der Waals surface area contributed by atoms with E-state index in [1.807, 2.05) is 5.38 Å². The number of piperidine rings is 1. The molecule has 0 saturated carbocycles. The van der Waals surface area contributed by atoms with E-state index >= 15 is 0 Å². The van der Waals surface area contributed by atoms with Crippen LogP contribution >= 0.6 is 23.1 Å². The van der Waals surface area contributed by atoms with Crippen LogP contribution in [0.1, 0.15) is 18.4 Å². The van der Waals surface area contributed by atoms with Crippen LogP contribution in [-0.4, -0.2) is 46.1 Å². The van der Waals surface area contributed by atoms with Gasteiger partial charge in [-0.25, -0.2) is 0 Å². The van der Waals surface area contributed by atoms with E-state index in [2.05, 4.69) is 44.1 Å². The van der Waals surface area contributed by atoms with Crippen molar-refractivity contribution in [3.05, 3.63) is 64.5 Å². The minimum absolute atomic E-state index is 0.0166. The summed E-state index contributed by atoms with van der Waals surface area (Å²) >= 11 is 7.21. The number of carbonyl (C=O) groups excluding carboxylic acids is 1. The topological polar surface area (TPSA) is 67.3 Å². The molecular formula is C22H23ClN4O2S. The number of aromatic nitrogens is 2. The number of nitrogens with one attached hydrogen (secondary N) is 1. The third kappa shape index (κ3) is 5.78. The number of ether oxygens (including phenoxy) is 1. The van der Waals surface area contributed by atoms with Crippen LogP contribution in [0.5, 0.6) is 5.75 Å². The van der Waals surface area contributed by atoms with E-state index in [4.69, 9.17) is 16.3 Å².